The zero-order valence-electron chi connectivity index (χ0n) is 23.4. The molecule has 2 aromatic rings. The Kier molecular flexibility index (Phi) is 9.93. The highest BCUT2D eigenvalue weighted by Gasteiger charge is 2.65. The molecule has 1 unspecified atom stereocenters. The van der Waals surface area contributed by atoms with Crippen LogP contribution in [0.3, 0.4) is 0 Å². The number of para-hydroxylation sites is 1. The first-order valence-electron chi connectivity index (χ1n) is 13.7. The molecule has 11 heteroatoms. The fraction of sp³-hybridized carbons (Fsp3) is 0.533. The van der Waals surface area contributed by atoms with E-state index in [0.717, 1.165) is 5.56 Å². The van der Waals surface area contributed by atoms with Crippen LogP contribution in [0.4, 0.5) is 13.2 Å². The molecule has 8 nitrogen and oxygen atoms in total. The van der Waals surface area contributed by atoms with E-state index in [1.807, 2.05) is 24.3 Å². The summed E-state index contributed by atoms with van der Waals surface area (Å²) in [6.45, 7) is 0.701. The van der Waals surface area contributed by atoms with Gasteiger partial charge in [-0.3, -0.25) is 9.59 Å². The zero-order valence-corrected chi connectivity index (χ0v) is 23.4. The van der Waals surface area contributed by atoms with Crippen LogP contribution in [0, 0.1) is 5.41 Å². The van der Waals surface area contributed by atoms with Gasteiger partial charge in [0.2, 0.25) is 5.91 Å². The van der Waals surface area contributed by atoms with E-state index >= 15 is 0 Å². The molecule has 2 aliphatic rings. The van der Waals surface area contributed by atoms with Gasteiger partial charge < -0.3 is 29.2 Å². The van der Waals surface area contributed by atoms with Crippen LogP contribution in [0.1, 0.15) is 36.3 Å². The Bertz CT molecular complexity index is 1170. The van der Waals surface area contributed by atoms with Crippen LogP contribution in [-0.2, 0) is 29.4 Å². The number of ether oxygens (including phenoxy) is 4. The average Bonchev–Trinajstić information content (AvgIpc) is 2.96. The van der Waals surface area contributed by atoms with Crippen molar-refractivity contribution in [1.82, 2.24) is 10.2 Å². The Balaban J connectivity index is 1.62. The summed E-state index contributed by atoms with van der Waals surface area (Å²) in [5.74, 6) is -0.746. The Labute approximate surface area is 238 Å². The highest BCUT2D eigenvalue weighted by molar-refractivity contribution is 5.88. The normalized spacial score (nSPS) is 20.4. The molecule has 1 spiro atoms. The van der Waals surface area contributed by atoms with Gasteiger partial charge >= 0.3 is 6.18 Å². The molecule has 224 valence electrons. The van der Waals surface area contributed by atoms with Crippen molar-refractivity contribution in [3.05, 3.63) is 65.7 Å². The quantitative estimate of drug-likeness (QED) is 0.405. The molecule has 41 heavy (non-hydrogen) atoms. The number of nitrogens with zero attached hydrogens (tertiary/aromatic N) is 1. The number of rotatable bonds is 11. The van der Waals surface area contributed by atoms with Crippen LogP contribution >= 0.6 is 0 Å². The number of halogens is 3. The molecule has 4 rings (SSSR count). The number of carbonyl (C=O) groups excluding carboxylic acids is 2. The van der Waals surface area contributed by atoms with Crippen molar-refractivity contribution in [1.29, 1.82) is 0 Å². The van der Waals surface area contributed by atoms with Crippen LogP contribution in [0.25, 0.3) is 0 Å². The van der Waals surface area contributed by atoms with Gasteiger partial charge in [-0.15, -0.1) is 0 Å². The van der Waals surface area contributed by atoms with E-state index in [4.69, 9.17) is 18.9 Å². The number of hydrogen-bond donors (Lipinski definition) is 1. The van der Waals surface area contributed by atoms with Crippen LogP contribution in [-0.4, -0.2) is 83.2 Å². The first-order chi connectivity index (χ1) is 19.7. The van der Waals surface area contributed by atoms with Gasteiger partial charge in [-0.1, -0.05) is 48.5 Å². The second-order valence-corrected chi connectivity index (χ2v) is 10.5. The molecule has 2 aromatic carbocycles. The van der Waals surface area contributed by atoms with Crippen molar-refractivity contribution in [2.24, 2.45) is 5.41 Å². The predicted molar refractivity (Wildman–Crippen MR) is 144 cm³/mol. The second-order valence-electron chi connectivity index (χ2n) is 10.5. The number of amides is 2. The lowest BCUT2D eigenvalue weighted by Gasteiger charge is -2.50. The van der Waals surface area contributed by atoms with Crippen molar-refractivity contribution < 1.29 is 41.7 Å². The molecule has 0 aromatic heterocycles. The van der Waals surface area contributed by atoms with Gasteiger partial charge in [-0.05, 0) is 29.9 Å². The minimum atomic E-state index is -5.03. The van der Waals surface area contributed by atoms with Gasteiger partial charge in [-0.25, -0.2) is 0 Å². The summed E-state index contributed by atoms with van der Waals surface area (Å²) >= 11 is 0. The van der Waals surface area contributed by atoms with E-state index < -0.39 is 29.7 Å². The Morgan fingerprint density at radius 1 is 0.951 bits per heavy atom. The summed E-state index contributed by atoms with van der Waals surface area (Å²) in [4.78, 5) is 27.7. The van der Waals surface area contributed by atoms with E-state index in [1.165, 1.54) is 36.3 Å². The van der Waals surface area contributed by atoms with Crippen LogP contribution in [0.5, 0.6) is 5.75 Å². The zero-order chi connectivity index (χ0) is 29.5. The number of methoxy groups -OCH3 is 2. The Morgan fingerprint density at radius 3 is 2.24 bits per heavy atom. The standard InChI is InChI=1S/C30H37F3N2O6/c1-38-16-18-40-25-11-7-6-10-23(25)24-21-34-26(36)20-28(24)12-14-35(15-13-28)27(37)29(30(31,32)33,41-19-17-39-2)22-8-4-3-5-9-22/h3-11,24H,12-21H2,1-2H3,(H,34,36)/t24?,29-/m1/s1. The molecule has 2 amide bonds. The molecule has 0 aliphatic carbocycles. The maximum absolute atomic E-state index is 14.9. The summed E-state index contributed by atoms with van der Waals surface area (Å²) in [5.41, 5.74) is -3.10. The third-order valence-corrected chi connectivity index (χ3v) is 8.13. The SMILES string of the molecule is COCCOc1ccccc1C1CNC(=O)CC12CCN(C(=O)[C@](OCCOC)(c1ccccc1)C(F)(F)F)CC2. The van der Waals surface area contributed by atoms with E-state index in [-0.39, 0.29) is 43.5 Å². The van der Waals surface area contributed by atoms with E-state index in [9.17, 15) is 22.8 Å². The first kappa shape index (κ1) is 30.8. The topological polar surface area (TPSA) is 86.3 Å². The van der Waals surface area contributed by atoms with Crippen LogP contribution in [0.15, 0.2) is 54.6 Å². The second kappa shape index (κ2) is 13.2. The monoisotopic (exact) mass is 578 g/mol. The number of alkyl halides is 3. The number of carbonyl (C=O) groups is 2. The summed E-state index contributed by atoms with van der Waals surface area (Å²) in [6.07, 6.45) is -4.12. The van der Waals surface area contributed by atoms with Crippen molar-refractivity contribution in [3.8, 4) is 5.75 Å². The molecule has 2 fully saturated rings. The third-order valence-electron chi connectivity index (χ3n) is 8.13. The van der Waals surface area contributed by atoms with Crippen molar-refractivity contribution in [3.63, 3.8) is 0 Å². The van der Waals surface area contributed by atoms with Gasteiger partial charge in [0.05, 0.1) is 19.8 Å². The third kappa shape index (κ3) is 6.37. The van der Waals surface area contributed by atoms with Crippen molar-refractivity contribution >= 4 is 11.8 Å². The molecule has 0 bridgehead atoms. The number of hydrogen-bond acceptors (Lipinski definition) is 6. The molecule has 2 heterocycles. The minimum Gasteiger partial charge on any atom is -0.491 e. The molecule has 1 N–H and O–H groups in total. The first-order valence-corrected chi connectivity index (χ1v) is 13.7. The summed E-state index contributed by atoms with van der Waals surface area (Å²) in [7, 11) is 2.94. The molecule has 2 atom stereocenters. The van der Waals surface area contributed by atoms with Gasteiger partial charge in [0.1, 0.15) is 12.4 Å². The van der Waals surface area contributed by atoms with E-state index in [2.05, 4.69) is 5.32 Å². The van der Waals surface area contributed by atoms with Crippen LogP contribution < -0.4 is 10.1 Å². The summed E-state index contributed by atoms with van der Waals surface area (Å²) < 4.78 is 66.0. The van der Waals surface area contributed by atoms with Gasteiger partial charge in [0.25, 0.3) is 11.5 Å². The van der Waals surface area contributed by atoms with Crippen molar-refractivity contribution in [2.45, 2.75) is 37.0 Å². The molecule has 0 radical (unpaired) electrons. The summed E-state index contributed by atoms with van der Waals surface area (Å²) in [5, 5.41) is 2.94. The summed E-state index contributed by atoms with van der Waals surface area (Å²) in [6, 6.07) is 14.6. The predicted octanol–water partition coefficient (Wildman–Crippen LogP) is 4.04. The number of piperidine rings is 2. The maximum atomic E-state index is 14.9. The smallest absolute Gasteiger partial charge is 0.430 e. The highest BCUT2D eigenvalue weighted by atomic mass is 19.4. The fourth-order valence-corrected chi connectivity index (χ4v) is 6.00. The van der Waals surface area contributed by atoms with E-state index in [1.54, 1.807) is 13.2 Å². The lowest BCUT2D eigenvalue weighted by molar-refractivity contribution is -0.280. The number of benzene rings is 2. The maximum Gasteiger partial charge on any atom is 0.430 e. The van der Waals surface area contributed by atoms with Gasteiger partial charge in [0, 0.05) is 51.8 Å². The largest absolute Gasteiger partial charge is 0.491 e. The Hall–Kier alpha value is -3.15. The molecule has 2 aliphatic heterocycles. The van der Waals surface area contributed by atoms with E-state index in [0.29, 0.717) is 38.3 Å². The lowest BCUT2D eigenvalue weighted by Crippen LogP contribution is -2.60. The van der Waals surface area contributed by atoms with Crippen LogP contribution in [0.2, 0.25) is 0 Å². The van der Waals surface area contributed by atoms with Gasteiger partial charge in [-0.2, -0.15) is 13.2 Å². The molecule has 0 saturated carbocycles. The van der Waals surface area contributed by atoms with Crippen molar-refractivity contribution in [2.75, 3.05) is 60.3 Å². The minimum absolute atomic E-state index is 0.0492. The van der Waals surface area contributed by atoms with Gasteiger partial charge in [0.15, 0.2) is 0 Å². The highest BCUT2D eigenvalue weighted by Crippen LogP contribution is 2.52. The molecular formula is C30H37F3N2O6. The lowest BCUT2D eigenvalue weighted by atomic mass is 9.62. The average molecular weight is 579 g/mol. The fourth-order valence-electron chi connectivity index (χ4n) is 6.00. The molecule has 2 saturated heterocycles. The molecular weight excluding hydrogens is 541 g/mol. The number of likely N-dealkylation sites (tertiary alicyclic amines) is 1. The number of nitrogens with one attached hydrogen (secondary N) is 1. The Morgan fingerprint density at radius 2 is 1.59 bits per heavy atom.